The number of nitrogens with one attached hydrogen (secondary N) is 1. The summed E-state index contributed by atoms with van der Waals surface area (Å²) in [6.07, 6.45) is 4.60. The Hall–Kier alpha value is -1.88. The maximum Gasteiger partial charge on any atom is 0.222 e. The Morgan fingerprint density at radius 3 is 2.84 bits per heavy atom. The van der Waals surface area contributed by atoms with Crippen molar-refractivity contribution in [2.45, 2.75) is 45.1 Å². The molecule has 1 aromatic carbocycles. The van der Waals surface area contributed by atoms with Crippen LogP contribution in [0.25, 0.3) is 0 Å². The number of hydrogen-bond acceptors (Lipinski definition) is 3. The highest BCUT2D eigenvalue weighted by Gasteiger charge is 2.30. The van der Waals surface area contributed by atoms with Gasteiger partial charge in [0.05, 0.1) is 12.5 Å². The van der Waals surface area contributed by atoms with Crippen LogP contribution in [0.2, 0.25) is 0 Å². The second kappa shape index (κ2) is 8.48. The molecular weight excluding hydrogens is 316 g/mol. The number of carbonyl (C=O) groups is 2. The topological polar surface area (TPSA) is 58.6 Å². The van der Waals surface area contributed by atoms with Crippen molar-refractivity contribution in [3.63, 3.8) is 0 Å². The van der Waals surface area contributed by atoms with Gasteiger partial charge in [-0.05, 0) is 42.7 Å². The van der Waals surface area contributed by atoms with E-state index in [4.69, 9.17) is 4.74 Å². The van der Waals surface area contributed by atoms with Gasteiger partial charge in [0.15, 0.2) is 0 Å². The molecule has 1 aromatic rings. The van der Waals surface area contributed by atoms with Gasteiger partial charge < -0.3 is 15.0 Å². The first-order valence-corrected chi connectivity index (χ1v) is 9.34. The molecule has 0 aromatic heterocycles. The fourth-order valence-electron chi connectivity index (χ4n) is 3.43. The largest absolute Gasteiger partial charge is 0.381 e. The molecule has 2 amide bonds. The van der Waals surface area contributed by atoms with Crippen LogP contribution in [0.3, 0.4) is 0 Å². The summed E-state index contributed by atoms with van der Waals surface area (Å²) in [7, 11) is 0. The van der Waals surface area contributed by atoms with E-state index in [1.54, 1.807) is 6.92 Å². The van der Waals surface area contributed by atoms with Crippen molar-refractivity contribution in [1.82, 2.24) is 10.2 Å². The zero-order valence-electron chi connectivity index (χ0n) is 15.0. The third-order valence-electron chi connectivity index (χ3n) is 5.03. The Kier molecular flexibility index (Phi) is 6.08. The third-order valence-corrected chi connectivity index (χ3v) is 5.03. The molecule has 1 atom stereocenters. The highest BCUT2D eigenvalue weighted by molar-refractivity contribution is 5.79. The molecule has 0 bridgehead atoms. The van der Waals surface area contributed by atoms with Gasteiger partial charge >= 0.3 is 0 Å². The Bertz CT molecular complexity index is 613. The van der Waals surface area contributed by atoms with Crippen LogP contribution in [0.15, 0.2) is 24.3 Å². The lowest BCUT2D eigenvalue weighted by Crippen LogP contribution is -2.41. The third kappa shape index (κ3) is 5.05. The van der Waals surface area contributed by atoms with E-state index >= 15 is 0 Å². The highest BCUT2D eigenvalue weighted by Crippen LogP contribution is 2.32. The summed E-state index contributed by atoms with van der Waals surface area (Å²) < 4.78 is 5.58. The van der Waals surface area contributed by atoms with E-state index < -0.39 is 0 Å². The van der Waals surface area contributed by atoms with E-state index in [-0.39, 0.29) is 17.9 Å². The molecule has 3 rings (SSSR count). The SMILES string of the molecule is CC(=O)N1CCc2ccccc2C1CC(=O)NCCCOCC1CC1. The summed E-state index contributed by atoms with van der Waals surface area (Å²) in [6.45, 7) is 4.44. The van der Waals surface area contributed by atoms with Crippen LogP contribution in [0.1, 0.15) is 49.8 Å². The minimum Gasteiger partial charge on any atom is -0.381 e. The quantitative estimate of drug-likeness (QED) is 0.737. The lowest BCUT2D eigenvalue weighted by molar-refractivity contribution is -0.133. The van der Waals surface area contributed by atoms with Gasteiger partial charge in [0.2, 0.25) is 11.8 Å². The van der Waals surface area contributed by atoms with Gasteiger partial charge in [-0.25, -0.2) is 0 Å². The number of nitrogens with zero attached hydrogens (tertiary/aromatic N) is 1. The monoisotopic (exact) mass is 344 g/mol. The van der Waals surface area contributed by atoms with Crippen molar-refractivity contribution in [2.24, 2.45) is 5.92 Å². The van der Waals surface area contributed by atoms with Gasteiger partial charge in [-0.1, -0.05) is 24.3 Å². The van der Waals surface area contributed by atoms with E-state index in [1.165, 1.54) is 18.4 Å². The van der Waals surface area contributed by atoms with Gasteiger partial charge in [-0.3, -0.25) is 9.59 Å². The van der Waals surface area contributed by atoms with E-state index in [0.717, 1.165) is 30.9 Å². The van der Waals surface area contributed by atoms with Crippen LogP contribution in [0, 0.1) is 5.92 Å². The summed E-state index contributed by atoms with van der Waals surface area (Å²) in [6, 6.07) is 7.96. The summed E-state index contributed by atoms with van der Waals surface area (Å²) in [5.41, 5.74) is 2.35. The van der Waals surface area contributed by atoms with E-state index in [0.29, 0.717) is 26.1 Å². The summed E-state index contributed by atoms with van der Waals surface area (Å²) >= 11 is 0. The molecule has 5 heteroatoms. The molecule has 0 spiro atoms. The molecule has 1 aliphatic carbocycles. The lowest BCUT2D eigenvalue weighted by Gasteiger charge is -2.36. The van der Waals surface area contributed by atoms with Crippen LogP contribution in [-0.2, 0) is 20.7 Å². The number of amides is 2. The molecule has 1 saturated carbocycles. The molecule has 1 N–H and O–H groups in total. The van der Waals surface area contributed by atoms with Gasteiger partial charge in [0.1, 0.15) is 0 Å². The van der Waals surface area contributed by atoms with Crippen molar-refractivity contribution in [3.05, 3.63) is 35.4 Å². The van der Waals surface area contributed by atoms with Crippen LogP contribution < -0.4 is 5.32 Å². The Balaban J connectivity index is 1.48. The first-order valence-electron chi connectivity index (χ1n) is 9.34. The van der Waals surface area contributed by atoms with Crippen molar-refractivity contribution in [2.75, 3.05) is 26.3 Å². The molecule has 25 heavy (non-hydrogen) atoms. The predicted octanol–water partition coefficient (Wildman–Crippen LogP) is 2.46. The number of benzene rings is 1. The second-order valence-electron chi connectivity index (χ2n) is 7.10. The average Bonchev–Trinajstić information content (AvgIpc) is 3.42. The molecule has 1 aliphatic heterocycles. The predicted molar refractivity (Wildman–Crippen MR) is 96.1 cm³/mol. The molecule has 2 aliphatic rings. The number of rotatable bonds is 8. The Morgan fingerprint density at radius 2 is 2.08 bits per heavy atom. The van der Waals surface area contributed by atoms with Crippen LogP contribution in [0.4, 0.5) is 0 Å². The molecule has 1 fully saturated rings. The smallest absolute Gasteiger partial charge is 0.222 e. The van der Waals surface area contributed by atoms with E-state index in [9.17, 15) is 9.59 Å². The Labute approximate surface area is 149 Å². The van der Waals surface area contributed by atoms with E-state index in [1.807, 2.05) is 23.1 Å². The molecule has 5 nitrogen and oxygen atoms in total. The lowest BCUT2D eigenvalue weighted by atomic mass is 9.90. The number of hydrogen-bond donors (Lipinski definition) is 1. The molecule has 0 saturated heterocycles. The van der Waals surface area contributed by atoms with Gasteiger partial charge in [0.25, 0.3) is 0 Å². The molecular formula is C20H28N2O3. The summed E-state index contributed by atoms with van der Waals surface area (Å²) in [5, 5.41) is 2.97. The highest BCUT2D eigenvalue weighted by atomic mass is 16.5. The zero-order chi connectivity index (χ0) is 17.6. The normalized spacial score (nSPS) is 19.4. The van der Waals surface area contributed by atoms with E-state index in [2.05, 4.69) is 11.4 Å². The maximum absolute atomic E-state index is 12.4. The summed E-state index contributed by atoms with van der Waals surface area (Å²) in [5.74, 6) is 0.800. The fourth-order valence-corrected chi connectivity index (χ4v) is 3.43. The summed E-state index contributed by atoms with van der Waals surface area (Å²) in [4.78, 5) is 26.1. The molecule has 136 valence electrons. The number of fused-ring (bicyclic) bond motifs is 1. The maximum atomic E-state index is 12.4. The fraction of sp³-hybridized carbons (Fsp3) is 0.600. The van der Waals surface area contributed by atoms with Crippen molar-refractivity contribution in [1.29, 1.82) is 0 Å². The zero-order valence-corrected chi connectivity index (χ0v) is 15.0. The van der Waals surface area contributed by atoms with Crippen LogP contribution >= 0.6 is 0 Å². The second-order valence-corrected chi connectivity index (χ2v) is 7.10. The first kappa shape index (κ1) is 17.9. The van der Waals surface area contributed by atoms with Crippen molar-refractivity contribution in [3.8, 4) is 0 Å². The minimum absolute atomic E-state index is 0.00449. The molecule has 0 radical (unpaired) electrons. The van der Waals surface area contributed by atoms with Crippen LogP contribution in [0.5, 0.6) is 0 Å². The van der Waals surface area contributed by atoms with Gasteiger partial charge in [-0.15, -0.1) is 0 Å². The number of carbonyl (C=O) groups excluding carboxylic acids is 2. The van der Waals surface area contributed by atoms with Crippen molar-refractivity contribution < 1.29 is 14.3 Å². The average molecular weight is 344 g/mol. The van der Waals surface area contributed by atoms with Gasteiger partial charge in [-0.2, -0.15) is 0 Å². The first-order chi connectivity index (χ1) is 12.1. The number of ether oxygens (including phenoxy) is 1. The standard InChI is InChI=1S/C20H28N2O3/c1-15(23)22-11-9-17-5-2-3-6-18(17)19(22)13-20(24)21-10-4-12-25-14-16-7-8-16/h2-3,5-6,16,19H,4,7-14H2,1H3,(H,21,24). The van der Waals surface area contributed by atoms with Crippen LogP contribution in [-0.4, -0.2) is 43.0 Å². The van der Waals surface area contributed by atoms with Crippen molar-refractivity contribution >= 4 is 11.8 Å². The minimum atomic E-state index is -0.159. The molecule has 1 unspecified atom stereocenters. The molecule has 1 heterocycles. The van der Waals surface area contributed by atoms with Gasteiger partial charge in [0, 0.05) is 33.2 Å². The Morgan fingerprint density at radius 1 is 1.28 bits per heavy atom.